The largest absolute Gasteiger partial charge is 0.357 e. The van der Waals surface area contributed by atoms with E-state index in [1.807, 2.05) is 6.07 Å². The highest BCUT2D eigenvalue weighted by atomic mass is 16.5. The van der Waals surface area contributed by atoms with Crippen LogP contribution in [-0.2, 0) is 0 Å². The Morgan fingerprint density at radius 2 is 2.50 bits per heavy atom. The van der Waals surface area contributed by atoms with E-state index in [1.54, 1.807) is 6.20 Å². The van der Waals surface area contributed by atoms with Gasteiger partial charge in [-0.05, 0) is 30.9 Å². The molecule has 2 saturated heterocycles. The third kappa shape index (κ3) is 1.38. The first kappa shape index (κ1) is 8.24. The van der Waals surface area contributed by atoms with Gasteiger partial charge in [0.05, 0.1) is 6.20 Å². The second kappa shape index (κ2) is 3.24. The normalized spacial score (nSPS) is 35.9. The Hall–Kier alpha value is -1.09. The van der Waals surface area contributed by atoms with E-state index in [2.05, 4.69) is 22.2 Å². The summed E-state index contributed by atoms with van der Waals surface area (Å²) in [7, 11) is 0. The van der Waals surface area contributed by atoms with Gasteiger partial charge in [0.2, 0.25) is 0 Å². The summed E-state index contributed by atoms with van der Waals surface area (Å²) >= 11 is 0. The van der Waals surface area contributed by atoms with Crippen molar-refractivity contribution in [2.24, 2.45) is 11.8 Å². The van der Waals surface area contributed by atoms with Gasteiger partial charge in [0.25, 0.3) is 0 Å². The van der Waals surface area contributed by atoms with E-state index < -0.39 is 0 Å². The van der Waals surface area contributed by atoms with Crippen molar-refractivity contribution in [2.75, 3.05) is 19.6 Å². The van der Waals surface area contributed by atoms with Crippen molar-refractivity contribution in [1.82, 2.24) is 10.1 Å². The van der Waals surface area contributed by atoms with Crippen molar-refractivity contribution in [2.45, 2.75) is 6.42 Å². The first-order valence-electron chi connectivity index (χ1n) is 5.23. The van der Waals surface area contributed by atoms with Gasteiger partial charge < -0.3 is 9.42 Å². The zero-order chi connectivity index (χ0) is 9.38. The van der Waals surface area contributed by atoms with Crippen molar-refractivity contribution in [3.63, 3.8) is 0 Å². The monoisotopic (exact) mass is 190 g/mol. The van der Waals surface area contributed by atoms with Crippen LogP contribution in [0.3, 0.4) is 0 Å². The first-order chi connectivity index (χ1) is 6.92. The van der Waals surface area contributed by atoms with E-state index in [-0.39, 0.29) is 0 Å². The molecule has 2 fully saturated rings. The van der Waals surface area contributed by atoms with Gasteiger partial charge in [-0.15, -0.1) is 0 Å². The molecule has 3 atom stereocenters. The summed E-state index contributed by atoms with van der Waals surface area (Å²) in [5.41, 5.74) is 0. The number of fused-ring (bicyclic) bond motifs is 2. The predicted octanol–water partition coefficient (Wildman–Crippen LogP) is 1.64. The van der Waals surface area contributed by atoms with E-state index in [9.17, 15) is 0 Å². The Kier molecular flexibility index (Phi) is 1.91. The molecule has 14 heavy (non-hydrogen) atoms. The van der Waals surface area contributed by atoms with Crippen molar-refractivity contribution in [3.05, 3.63) is 24.1 Å². The third-order valence-electron chi connectivity index (χ3n) is 3.35. The molecule has 74 valence electrons. The minimum atomic E-state index is 0.730. The maximum atomic E-state index is 5.02. The molecule has 0 aliphatic carbocycles. The van der Waals surface area contributed by atoms with Gasteiger partial charge in [0.1, 0.15) is 0 Å². The zero-order valence-corrected chi connectivity index (χ0v) is 8.10. The molecule has 1 aromatic heterocycles. The second-order valence-electron chi connectivity index (χ2n) is 4.25. The Morgan fingerprint density at radius 3 is 3.14 bits per heavy atom. The molecule has 2 aliphatic rings. The van der Waals surface area contributed by atoms with Crippen LogP contribution in [0.4, 0.5) is 0 Å². The van der Waals surface area contributed by atoms with Crippen LogP contribution in [0.2, 0.25) is 0 Å². The topological polar surface area (TPSA) is 29.3 Å². The number of nitrogens with zero attached hydrogens (tertiary/aromatic N) is 2. The fourth-order valence-electron chi connectivity index (χ4n) is 2.57. The first-order valence-corrected chi connectivity index (χ1v) is 5.23. The molecule has 0 spiro atoms. The molecule has 3 nitrogen and oxygen atoms in total. The Bertz CT molecular complexity index is 331. The van der Waals surface area contributed by atoms with Crippen LogP contribution in [0.15, 0.2) is 22.9 Å². The summed E-state index contributed by atoms with van der Waals surface area (Å²) in [6.07, 6.45) is 7.39. The number of rotatable bonds is 2. The highest BCUT2D eigenvalue weighted by Crippen LogP contribution is 2.33. The molecule has 3 heteroatoms. The summed E-state index contributed by atoms with van der Waals surface area (Å²) in [5, 5.41) is 3.68. The summed E-state index contributed by atoms with van der Waals surface area (Å²) in [5.74, 6) is 2.48. The van der Waals surface area contributed by atoms with E-state index in [0.29, 0.717) is 0 Å². The van der Waals surface area contributed by atoms with Crippen LogP contribution in [0, 0.1) is 11.8 Å². The Balaban J connectivity index is 1.68. The van der Waals surface area contributed by atoms with Gasteiger partial charge >= 0.3 is 0 Å². The molecular weight excluding hydrogens is 176 g/mol. The molecule has 0 amide bonds. The van der Waals surface area contributed by atoms with Gasteiger partial charge in [-0.25, -0.2) is 0 Å². The average Bonchev–Trinajstić information content (AvgIpc) is 2.91. The van der Waals surface area contributed by atoms with Crippen LogP contribution in [0.5, 0.6) is 0 Å². The molecule has 3 unspecified atom stereocenters. The summed E-state index contributed by atoms with van der Waals surface area (Å²) in [6, 6.07) is 1.89. The van der Waals surface area contributed by atoms with Crippen molar-refractivity contribution in [3.8, 4) is 0 Å². The number of hydrogen-bond donors (Lipinski definition) is 0. The van der Waals surface area contributed by atoms with Crippen molar-refractivity contribution < 1.29 is 4.52 Å². The minimum Gasteiger partial charge on any atom is -0.357 e. The second-order valence-corrected chi connectivity index (χ2v) is 4.25. The molecule has 2 bridgehead atoms. The number of piperidine rings is 1. The SMILES string of the molecule is C(=C/C1CN2CCC1C2)/c1ccno1. The van der Waals surface area contributed by atoms with Crippen molar-refractivity contribution >= 4 is 6.08 Å². The highest BCUT2D eigenvalue weighted by Gasteiger charge is 2.36. The van der Waals surface area contributed by atoms with Crippen molar-refractivity contribution in [1.29, 1.82) is 0 Å². The van der Waals surface area contributed by atoms with E-state index >= 15 is 0 Å². The van der Waals surface area contributed by atoms with Crippen LogP contribution in [0.25, 0.3) is 6.08 Å². The van der Waals surface area contributed by atoms with Gasteiger partial charge in [-0.2, -0.15) is 0 Å². The average molecular weight is 190 g/mol. The summed E-state index contributed by atoms with van der Waals surface area (Å²) in [4.78, 5) is 2.54. The number of hydrogen-bond acceptors (Lipinski definition) is 3. The Labute approximate surface area is 83.4 Å². The molecule has 0 radical (unpaired) electrons. The van der Waals surface area contributed by atoms with E-state index in [4.69, 9.17) is 4.52 Å². The fraction of sp³-hybridized carbons (Fsp3) is 0.545. The van der Waals surface area contributed by atoms with Gasteiger partial charge in [-0.3, -0.25) is 0 Å². The van der Waals surface area contributed by atoms with Crippen LogP contribution in [-0.4, -0.2) is 29.7 Å². The predicted molar refractivity (Wildman–Crippen MR) is 53.6 cm³/mol. The maximum Gasteiger partial charge on any atom is 0.159 e. The quantitative estimate of drug-likeness (QED) is 0.710. The molecule has 3 heterocycles. The van der Waals surface area contributed by atoms with Gasteiger partial charge in [-0.1, -0.05) is 11.2 Å². The zero-order valence-electron chi connectivity index (χ0n) is 8.10. The van der Waals surface area contributed by atoms with Gasteiger partial charge in [0.15, 0.2) is 5.76 Å². The maximum absolute atomic E-state index is 5.02. The molecule has 0 N–H and O–H groups in total. The lowest BCUT2D eigenvalue weighted by Crippen LogP contribution is -2.21. The summed E-state index contributed by atoms with van der Waals surface area (Å²) in [6.45, 7) is 3.83. The molecule has 1 aromatic rings. The van der Waals surface area contributed by atoms with Crippen LogP contribution >= 0.6 is 0 Å². The van der Waals surface area contributed by atoms with Gasteiger partial charge in [0, 0.05) is 19.2 Å². The van der Waals surface area contributed by atoms with Crippen LogP contribution in [0.1, 0.15) is 12.2 Å². The van der Waals surface area contributed by atoms with E-state index in [0.717, 1.165) is 17.6 Å². The lowest BCUT2D eigenvalue weighted by molar-refractivity contribution is 0.334. The molecule has 0 aromatic carbocycles. The Morgan fingerprint density at radius 1 is 1.50 bits per heavy atom. The molecule has 0 saturated carbocycles. The third-order valence-corrected chi connectivity index (χ3v) is 3.35. The van der Waals surface area contributed by atoms with Crippen LogP contribution < -0.4 is 0 Å². The smallest absolute Gasteiger partial charge is 0.159 e. The van der Waals surface area contributed by atoms with E-state index in [1.165, 1.54) is 26.1 Å². The minimum absolute atomic E-state index is 0.730. The number of aromatic nitrogens is 1. The molecule has 2 aliphatic heterocycles. The highest BCUT2D eigenvalue weighted by molar-refractivity contribution is 5.42. The molecule has 3 rings (SSSR count). The lowest BCUT2D eigenvalue weighted by Gasteiger charge is -2.18. The summed E-state index contributed by atoms with van der Waals surface area (Å²) < 4.78 is 5.02. The fourth-order valence-corrected chi connectivity index (χ4v) is 2.57. The molecular formula is C11H14N2O. The standard InChI is InChI=1S/C11H14N2O/c1(2-11-3-5-12-14-11)9-7-13-6-4-10(9)8-13/h1-3,5,9-10H,4,6-8H2/b2-1-. The lowest BCUT2D eigenvalue weighted by atomic mass is 9.92.